The second-order valence-electron chi connectivity index (χ2n) is 6.98. The van der Waals surface area contributed by atoms with Crippen LogP contribution in [0.15, 0.2) is 47.3 Å². The number of amides is 1. The van der Waals surface area contributed by atoms with E-state index in [1.807, 2.05) is 18.2 Å². The maximum absolute atomic E-state index is 12.6. The zero-order valence-corrected chi connectivity index (χ0v) is 17.8. The van der Waals surface area contributed by atoms with E-state index >= 15 is 0 Å². The van der Waals surface area contributed by atoms with Crippen molar-refractivity contribution >= 4 is 40.7 Å². The molecule has 0 aliphatic heterocycles. The molecule has 3 aromatic rings. The number of hydrogen-bond acceptors (Lipinski definition) is 6. The lowest BCUT2D eigenvalue weighted by Gasteiger charge is -2.10. The molecule has 0 aliphatic rings. The molecule has 0 saturated carbocycles. The third-order valence-corrected chi connectivity index (χ3v) is 5.21. The Balaban J connectivity index is 1.51. The lowest BCUT2D eigenvalue weighted by Crippen LogP contribution is -2.22. The molecule has 31 heavy (non-hydrogen) atoms. The first-order valence-electron chi connectivity index (χ1n) is 9.84. The van der Waals surface area contributed by atoms with Crippen molar-refractivity contribution in [2.75, 3.05) is 12.4 Å². The summed E-state index contributed by atoms with van der Waals surface area (Å²) < 4.78 is 6.51. The van der Waals surface area contributed by atoms with Crippen molar-refractivity contribution in [2.24, 2.45) is 0 Å². The fourth-order valence-electron chi connectivity index (χ4n) is 3.27. The molecule has 0 fully saturated rings. The number of methoxy groups -OCH3 is 1. The topological polar surface area (TPSA) is 113 Å². The number of hydrogen-bond donors (Lipinski definition) is 3. The molecule has 0 aliphatic carbocycles. The molecule has 3 N–H and O–H groups in total. The van der Waals surface area contributed by atoms with Crippen molar-refractivity contribution in [3.8, 4) is 5.75 Å². The van der Waals surface area contributed by atoms with E-state index in [4.69, 9.17) is 12.2 Å². The van der Waals surface area contributed by atoms with Crippen LogP contribution < -0.4 is 10.9 Å². The maximum atomic E-state index is 12.6. The monoisotopic (exact) mass is 441 g/mol. The van der Waals surface area contributed by atoms with Crippen molar-refractivity contribution in [2.45, 2.75) is 32.2 Å². The van der Waals surface area contributed by atoms with Crippen LogP contribution in [0.1, 0.15) is 36.0 Å². The lowest BCUT2D eigenvalue weighted by atomic mass is 10.1. The zero-order chi connectivity index (χ0) is 22.4. The van der Waals surface area contributed by atoms with Crippen molar-refractivity contribution in [3.63, 3.8) is 0 Å². The molecule has 0 saturated heterocycles. The molecule has 0 radical (unpaired) electrons. The number of benzene rings is 2. The molecule has 0 atom stereocenters. The van der Waals surface area contributed by atoms with Gasteiger partial charge in [-0.1, -0.05) is 24.6 Å². The van der Waals surface area contributed by atoms with Gasteiger partial charge in [-0.15, -0.1) is 0 Å². The number of rotatable bonds is 8. The number of phenols is 1. The van der Waals surface area contributed by atoms with Gasteiger partial charge in [0.1, 0.15) is 5.56 Å². The minimum atomic E-state index is -0.684. The molecular weight excluding hydrogens is 418 g/mol. The number of phenolic OH excluding ortho intramolecular Hbond substituents is 1. The van der Waals surface area contributed by atoms with E-state index in [1.54, 1.807) is 12.1 Å². The summed E-state index contributed by atoms with van der Waals surface area (Å²) in [7, 11) is 1.21. The number of carbonyl (C=O) groups excluding carboxylic acids is 2. The Kier molecular flexibility index (Phi) is 7.19. The SMILES string of the molecule is COC(=O)c1cccc(NC(=O)CCCCCn2c(=S)[nH]c3ccccc3c2=O)c1O. The Morgan fingerprint density at radius 3 is 2.68 bits per heavy atom. The summed E-state index contributed by atoms with van der Waals surface area (Å²) in [5, 5.41) is 13.3. The summed E-state index contributed by atoms with van der Waals surface area (Å²) in [4.78, 5) is 39.5. The molecule has 1 heterocycles. The number of fused-ring (bicyclic) bond motifs is 1. The minimum absolute atomic E-state index is 0.0161. The molecule has 2 aromatic carbocycles. The first-order valence-corrected chi connectivity index (χ1v) is 10.2. The van der Waals surface area contributed by atoms with Crippen LogP contribution in [0.3, 0.4) is 0 Å². The van der Waals surface area contributed by atoms with Gasteiger partial charge in [-0.3, -0.25) is 14.2 Å². The highest BCUT2D eigenvalue weighted by Gasteiger charge is 2.15. The summed E-state index contributed by atoms with van der Waals surface area (Å²) in [5.74, 6) is -1.29. The number of para-hydroxylation sites is 2. The second kappa shape index (κ2) is 10.0. The average Bonchev–Trinajstić information content (AvgIpc) is 2.76. The standard InChI is InChI=1S/C22H23N3O5S/c1-30-21(29)15-9-7-11-17(19(15)27)23-18(26)12-3-2-6-13-25-20(28)14-8-4-5-10-16(14)24-22(25)31/h4-5,7-11,27H,2-3,6,12-13H2,1H3,(H,23,26)(H,24,31). The normalized spacial score (nSPS) is 10.7. The predicted octanol–water partition coefficient (Wildman–Crippen LogP) is 3.75. The number of nitrogens with zero attached hydrogens (tertiary/aromatic N) is 1. The molecule has 1 aromatic heterocycles. The highest BCUT2D eigenvalue weighted by Crippen LogP contribution is 2.28. The second-order valence-corrected chi connectivity index (χ2v) is 7.37. The summed E-state index contributed by atoms with van der Waals surface area (Å²) in [6.45, 7) is 0.461. The van der Waals surface area contributed by atoms with Gasteiger partial charge in [-0.25, -0.2) is 4.79 Å². The van der Waals surface area contributed by atoms with E-state index in [0.29, 0.717) is 35.1 Å². The maximum Gasteiger partial charge on any atom is 0.341 e. The summed E-state index contributed by atoms with van der Waals surface area (Å²) in [6.07, 6.45) is 2.24. The Hall–Kier alpha value is -3.46. The number of esters is 1. The molecule has 9 heteroatoms. The smallest absolute Gasteiger partial charge is 0.341 e. The molecule has 1 amide bonds. The Bertz CT molecular complexity index is 1230. The van der Waals surface area contributed by atoms with Crippen LogP contribution in [0.25, 0.3) is 10.9 Å². The molecule has 0 unspecified atom stereocenters. The number of H-pyrrole nitrogens is 1. The van der Waals surface area contributed by atoms with Gasteiger partial charge >= 0.3 is 5.97 Å². The van der Waals surface area contributed by atoms with Crippen LogP contribution in [0.5, 0.6) is 5.75 Å². The van der Waals surface area contributed by atoms with E-state index in [-0.39, 0.29) is 34.9 Å². The van der Waals surface area contributed by atoms with E-state index < -0.39 is 5.97 Å². The highest BCUT2D eigenvalue weighted by atomic mass is 32.1. The minimum Gasteiger partial charge on any atom is -0.505 e. The van der Waals surface area contributed by atoms with Crippen LogP contribution in [-0.4, -0.2) is 33.6 Å². The summed E-state index contributed by atoms with van der Waals surface area (Å²) >= 11 is 5.30. The molecular formula is C22H23N3O5S. The Morgan fingerprint density at radius 1 is 1.13 bits per heavy atom. The number of nitrogens with one attached hydrogen (secondary N) is 2. The van der Waals surface area contributed by atoms with Gasteiger partial charge in [-0.05, 0) is 49.3 Å². The van der Waals surface area contributed by atoms with Crippen LogP contribution in [0.2, 0.25) is 0 Å². The number of aromatic amines is 1. The van der Waals surface area contributed by atoms with Crippen LogP contribution in [-0.2, 0) is 16.1 Å². The number of unbranched alkanes of at least 4 members (excludes halogenated alkanes) is 2. The fraction of sp³-hybridized carbons (Fsp3) is 0.273. The zero-order valence-electron chi connectivity index (χ0n) is 17.0. The van der Waals surface area contributed by atoms with Crippen molar-refractivity contribution in [3.05, 3.63) is 63.2 Å². The average molecular weight is 442 g/mol. The van der Waals surface area contributed by atoms with Gasteiger partial charge in [0.05, 0.1) is 23.7 Å². The molecule has 8 nitrogen and oxygen atoms in total. The fourth-order valence-corrected chi connectivity index (χ4v) is 3.55. The molecule has 0 spiro atoms. The van der Waals surface area contributed by atoms with Gasteiger partial charge in [0.15, 0.2) is 10.5 Å². The van der Waals surface area contributed by atoms with E-state index in [0.717, 1.165) is 6.42 Å². The van der Waals surface area contributed by atoms with Crippen molar-refractivity contribution in [1.82, 2.24) is 9.55 Å². The van der Waals surface area contributed by atoms with Crippen LogP contribution >= 0.6 is 12.2 Å². The van der Waals surface area contributed by atoms with Gasteiger partial charge in [-0.2, -0.15) is 0 Å². The summed E-state index contributed by atoms with van der Waals surface area (Å²) in [5.41, 5.74) is 0.725. The number of anilines is 1. The third kappa shape index (κ3) is 5.18. The summed E-state index contributed by atoms with van der Waals surface area (Å²) in [6, 6.07) is 11.7. The number of carbonyl (C=O) groups is 2. The number of ether oxygens (including phenoxy) is 1. The van der Waals surface area contributed by atoms with Gasteiger partial charge in [0, 0.05) is 13.0 Å². The van der Waals surface area contributed by atoms with Crippen LogP contribution in [0, 0.1) is 4.77 Å². The van der Waals surface area contributed by atoms with Crippen molar-refractivity contribution < 1.29 is 19.4 Å². The van der Waals surface area contributed by atoms with E-state index in [2.05, 4.69) is 15.0 Å². The predicted molar refractivity (Wildman–Crippen MR) is 120 cm³/mol. The molecule has 162 valence electrons. The first-order chi connectivity index (χ1) is 14.9. The first kappa shape index (κ1) is 22.2. The van der Waals surface area contributed by atoms with E-state index in [9.17, 15) is 19.5 Å². The van der Waals surface area contributed by atoms with Gasteiger partial charge < -0.3 is 20.1 Å². The quantitative estimate of drug-likeness (QED) is 0.212. The largest absolute Gasteiger partial charge is 0.505 e. The van der Waals surface area contributed by atoms with E-state index in [1.165, 1.54) is 23.8 Å². The third-order valence-electron chi connectivity index (χ3n) is 4.89. The van der Waals surface area contributed by atoms with Crippen molar-refractivity contribution in [1.29, 1.82) is 0 Å². The Morgan fingerprint density at radius 2 is 1.90 bits per heavy atom. The van der Waals surface area contributed by atoms with Crippen LogP contribution in [0.4, 0.5) is 5.69 Å². The number of aromatic hydroxyl groups is 1. The molecule has 0 bridgehead atoms. The highest BCUT2D eigenvalue weighted by molar-refractivity contribution is 7.71. The van der Waals surface area contributed by atoms with Gasteiger partial charge in [0.25, 0.3) is 5.56 Å². The van der Waals surface area contributed by atoms with Gasteiger partial charge in [0.2, 0.25) is 5.91 Å². The number of aromatic nitrogens is 2. The Labute approximate surface area is 183 Å². The molecule has 3 rings (SSSR count). The lowest BCUT2D eigenvalue weighted by molar-refractivity contribution is -0.116.